The molecule has 0 spiro atoms. The van der Waals surface area contributed by atoms with Gasteiger partial charge in [0.1, 0.15) is 11.4 Å². The predicted octanol–water partition coefficient (Wildman–Crippen LogP) is 1.80. The van der Waals surface area contributed by atoms with Crippen molar-refractivity contribution in [1.29, 1.82) is 0 Å². The first-order valence-corrected chi connectivity index (χ1v) is 8.72. The number of rotatable bonds is 9. The van der Waals surface area contributed by atoms with Gasteiger partial charge in [-0.3, -0.25) is 14.6 Å². The van der Waals surface area contributed by atoms with Gasteiger partial charge in [0, 0.05) is 6.54 Å². The number of carbonyl (C=O) groups excluding carboxylic acids is 1. The van der Waals surface area contributed by atoms with Gasteiger partial charge in [0.25, 0.3) is 0 Å². The molecule has 27 heavy (non-hydrogen) atoms. The molecule has 0 heterocycles. The summed E-state index contributed by atoms with van der Waals surface area (Å²) >= 11 is 0. The van der Waals surface area contributed by atoms with Gasteiger partial charge in [-0.1, -0.05) is 12.1 Å². The van der Waals surface area contributed by atoms with Crippen LogP contribution in [0.4, 0.5) is 0 Å². The molecule has 5 N–H and O–H groups in total. The molecule has 0 saturated heterocycles. The average Bonchev–Trinajstić information content (AvgIpc) is 2.55. The molecule has 0 bridgehead atoms. The summed E-state index contributed by atoms with van der Waals surface area (Å²) in [5.41, 5.74) is 8.23. The molecule has 1 aromatic rings. The number of unbranched alkanes of at least 4 members (excludes halogenated alkanes) is 1. The first-order chi connectivity index (χ1) is 12.5. The highest BCUT2D eigenvalue weighted by Gasteiger charge is 2.46. The number of nitrogens with zero attached hydrogens (tertiary/aromatic N) is 1. The summed E-state index contributed by atoms with van der Waals surface area (Å²) in [6, 6.07) is 6.40. The molecular formula is C19H29N3O5. The van der Waals surface area contributed by atoms with Crippen LogP contribution in [0, 0.1) is 0 Å². The lowest BCUT2D eigenvalue weighted by Crippen LogP contribution is -2.45. The molecule has 8 heteroatoms. The van der Waals surface area contributed by atoms with Gasteiger partial charge in [0.15, 0.2) is 11.4 Å². The van der Waals surface area contributed by atoms with Crippen LogP contribution in [0.15, 0.2) is 29.3 Å². The van der Waals surface area contributed by atoms with Crippen molar-refractivity contribution in [3.63, 3.8) is 0 Å². The summed E-state index contributed by atoms with van der Waals surface area (Å²) in [6.07, 6.45) is 1.55. The summed E-state index contributed by atoms with van der Waals surface area (Å²) in [4.78, 5) is 28.1. The van der Waals surface area contributed by atoms with Gasteiger partial charge in [-0.2, -0.15) is 0 Å². The Morgan fingerprint density at radius 2 is 1.67 bits per heavy atom. The molecule has 0 fully saturated rings. The van der Waals surface area contributed by atoms with Crippen LogP contribution in [0.2, 0.25) is 0 Å². The Kier molecular flexibility index (Phi) is 7.63. The summed E-state index contributed by atoms with van der Waals surface area (Å²) in [5, 5.41) is 9.62. The van der Waals surface area contributed by atoms with Gasteiger partial charge in [0.2, 0.25) is 0 Å². The van der Waals surface area contributed by atoms with Crippen molar-refractivity contribution in [2.45, 2.75) is 51.6 Å². The number of carboxylic acid groups (broad SMARTS) is 1. The summed E-state index contributed by atoms with van der Waals surface area (Å²) in [5.74, 6) is -1.43. The van der Waals surface area contributed by atoms with E-state index in [2.05, 4.69) is 4.99 Å². The molecule has 1 atom stereocenters. The summed E-state index contributed by atoms with van der Waals surface area (Å²) < 4.78 is 10.9. The topological polar surface area (TPSA) is 137 Å². The Hall–Kier alpha value is -2.77. The van der Waals surface area contributed by atoms with E-state index in [1.807, 2.05) is 0 Å². The van der Waals surface area contributed by atoms with E-state index in [9.17, 15) is 14.7 Å². The van der Waals surface area contributed by atoms with E-state index in [1.165, 1.54) is 6.92 Å². The number of carboxylic acids is 1. The van der Waals surface area contributed by atoms with E-state index in [4.69, 9.17) is 20.9 Å². The van der Waals surface area contributed by atoms with Crippen molar-refractivity contribution in [3.8, 4) is 5.75 Å². The van der Waals surface area contributed by atoms with Gasteiger partial charge in [0.05, 0.1) is 6.61 Å². The molecule has 0 radical (unpaired) electrons. The van der Waals surface area contributed by atoms with E-state index in [1.54, 1.807) is 45.0 Å². The maximum absolute atomic E-state index is 12.5. The summed E-state index contributed by atoms with van der Waals surface area (Å²) in [6.45, 7) is 7.42. The quantitative estimate of drug-likeness (QED) is 0.195. The largest absolute Gasteiger partial charge is 0.494 e. The molecule has 0 aliphatic heterocycles. The SMILES string of the molecule is CC(C)(C)OC(=O)C(C)(C(=O)O)c1ccc(OCCCCN=C(N)N)cc1. The smallest absolute Gasteiger partial charge is 0.328 e. The third kappa shape index (κ3) is 6.80. The zero-order valence-corrected chi connectivity index (χ0v) is 16.3. The third-order valence-corrected chi connectivity index (χ3v) is 3.78. The maximum Gasteiger partial charge on any atom is 0.328 e. The Labute approximate surface area is 159 Å². The van der Waals surface area contributed by atoms with Crippen LogP contribution in [0.1, 0.15) is 46.1 Å². The highest BCUT2D eigenvalue weighted by atomic mass is 16.6. The van der Waals surface area contributed by atoms with Crippen LogP contribution in [0.3, 0.4) is 0 Å². The van der Waals surface area contributed by atoms with Crippen molar-refractivity contribution in [3.05, 3.63) is 29.8 Å². The zero-order chi connectivity index (χ0) is 20.7. The fraction of sp³-hybridized carbons (Fsp3) is 0.526. The van der Waals surface area contributed by atoms with Crippen molar-refractivity contribution < 1.29 is 24.2 Å². The molecule has 1 rings (SSSR count). The second kappa shape index (κ2) is 9.25. The molecule has 0 amide bonds. The van der Waals surface area contributed by atoms with Crippen molar-refractivity contribution in [1.82, 2.24) is 0 Å². The second-order valence-corrected chi connectivity index (χ2v) is 7.32. The first-order valence-electron chi connectivity index (χ1n) is 8.72. The number of hydrogen-bond donors (Lipinski definition) is 3. The van der Waals surface area contributed by atoms with Crippen LogP contribution in [-0.4, -0.2) is 41.8 Å². The number of nitrogens with two attached hydrogens (primary N) is 2. The lowest BCUT2D eigenvalue weighted by atomic mass is 9.82. The van der Waals surface area contributed by atoms with E-state index in [-0.39, 0.29) is 5.96 Å². The van der Waals surface area contributed by atoms with Crippen LogP contribution in [0.5, 0.6) is 5.75 Å². The van der Waals surface area contributed by atoms with Gasteiger partial charge in [-0.15, -0.1) is 0 Å². The molecule has 1 unspecified atom stereocenters. The lowest BCUT2D eigenvalue weighted by molar-refractivity contribution is -0.168. The minimum absolute atomic E-state index is 0.0676. The maximum atomic E-state index is 12.5. The number of benzene rings is 1. The fourth-order valence-corrected chi connectivity index (χ4v) is 2.21. The van der Waals surface area contributed by atoms with E-state index in [0.717, 1.165) is 12.8 Å². The van der Waals surface area contributed by atoms with Crippen LogP contribution in [-0.2, 0) is 19.7 Å². The standard InChI is InChI=1S/C19H29N3O5/c1-18(2,3)27-16(25)19(4,15(23)24)13-7-9-14(10-8-13)26-12-6-5-11-22-17(20)21/h7-10H,5-6,11-12H2,1-4H3,(H,23,24)(H4,20,21,22). The Morgan fingerprint density at radius 1 is 1.07 bits per heavy atom. The number of hydrogen-bond acceptors (Lipinski definition) is 5. The van der Waals surface area contributed by atoms with E-state index < -0.39 is 23.0 Å². The number of carbonyl (C=O) groups is 2. The number of guanidine groups is 1. The number of ether oxygens (including phenoxy) is 2. The number of esters is 1. The monoisotopic (exact) mass is 379 g/mol. The molecule has 0 aromatic heterocycles. The Bertz CT molecular complexity index is 676. The van der Waals surface area contributed by atoms with Crippen LogP contribution in [0.25, 0.3) is 0 Å². The van der Waals surface area contributed by atoms with Crippen LogP contribution >= 0.6 is 0 Å². The molecular weight excluding hydrogens is 350 g/mol. The lowest BCUT2D eigenvalue weighted by Gasteiger charge is -2.28. The Balaban J connectivity index is 2.75. The van der Waals surface area contributed by atoms with Gasteiger partial charge in [-0.05, 0) is 58.2 Å². The van der Waals surface area contributed by atoms with Crippen molar-refractivity contribution >= 4 is 17.9 Å². The minimum Gasteiger partial charge on any atom is -0.494 e. The normalized spacial score (nSPS) is 13.3. The average molecular weight is 379 g/mol. The minimum atomic E-state index is -1.80. The van der Waals surface area contributed by atoms with Crippen molar-refractivity contribution in [2.75, 3.05) is 13.2 Å². The molecule has 0 aliphatic rings. The molecule has 0 saturated carbocycles. The van der Waals surface area contributed by atoms with Crippen LogP contribution < -0.4 is 16.2 Å². The highest BCUT2D eigenvalue weighted by Crippen LogP contribution is 2.29. The van der Waals surface area contributed by atoms with Gasteiger partial charge >= 0.3 is 11.9 Å². The third-order valence-electron chi connectivity index (χ3n) is 3.78. The summed E-state index contributed by atoms with van der Waals surface area (Å²) in [7, 11) is 0. The van der Waals surface area contributed by atoms with E-state index >= 15 is 0 Å². The number of aliphatic imine (C=N–C) groups is 1. The fourth-order valence-electron chi connectivity index (χ4n) is 2.21. The zero-order valence-electron chi connectivity index (χ0n) is 16.3. The molecule has 8 nitrogen and oxygen atoms in total. The first kappa shape index (κ1) is 22.3. The molecule has 150 valence electrons. The Morgan fingerprint density at radius 3 is 2.15 bits per heavy atom. The van der Waals surface area contributed by atoms with Gasteiger partial charge < -0.3 is 26.0 Å². The number of aliphatic carboxylic acids is 1. The molecule has 0 aliphatic carbocycles. The van der Waals surface area contributed by atoms with Gasteiger partial charge in [-0.25, -0.2) is 0 Å². The molecule has 1 aromatic carbocycles. The predicted molar refractivity (Wildman–Crippen MR) is 103 cm³/mol. The highest BCUT2D eigenvalue weighted by molar-refractivity contribution is 6.05. The van der Waals surface area contributed by atoms with E-state index in [0.29, 0.717) is 24.5 Å². The second-order valence-electron chi connectivity index (χ2n) is 7.32. The van der Waals surface area contributed by atoms with Crippen molar-refractivity contribution in [2.24, 2.45) is 16.5 Å².